The zero-order valence-electron chi connectivity index (χ0n) is 22.3. The van der Waals surface area contributed by atoms with Crippen molar-refractivity contribution in [3.8, 4) is 0 Å². The number of nitrogens with one attached hydrogen (secondary N) is 2. The quantitative estimate of drug-likeness (QED) is 0.621. The van der Waals surface area contributed by atoms with Crippen LogP contribution in [0.2, 0.25) is 0 Å². The third kappa shape index (κ3) is 5.53. The number of nitrogens with zero attached hydrogens (tertiary/aromatic N) is 2. The molecule has 2 aliphatic heterocycles. The fraction of sp³-hybridized carbons (Fsp3) is 0.679. The number of rotatable bonds is 6. The van der Waals surface area contributed by atoms with Crippen LogP contribution in [0.5, 0.6) is 0 Å². The second-order valence-corrected chi connectivity index (χ2v) is 11.1. The lowest BCUT2D eigenvalue weighted by Gasteiger charge is -2.49. The number of hydrogen-bond donors (Lipinski definition) is 2. The predicted octanol–water partition coefficient (Wildman–Crippen LogP) is 3.89. The molecule has 1 saturated heterocycles. The van der Waals surface area contributed by atoms with Crippen LogP contribution in [-0.2, 0) is 26.3 Å². The zero-order valence-corrected chi connectivity index (χ0v) is 22.3. The third-order valence-electron chi connectivity index (χ3n) is 8.65. The van der Waals surface area contributed by atoms with E-state index < -0.39 is 11.5 Å². The molecule has 4 rings (SSSR count). The molecule has 0 bridgehead atoms. The molecule has 3 aliphatic rings. The van der Waals surface area contributed by atoms with Crippen molar-refractivity contribution in [2.45, 2.75) is 77.3 Å². The summed E-state index contributed by atoms with van der Waals surface area (Å²) in [6.07, 6.45) is 6.19. The van der Waals surface area contributed by atoms with Gasteiger partial charge in [-0.25, -0.2) is 4.79 Å². The molecule has 2 N–H and O–H groups in total. The minimum absolute atomic E-state index is 0.118. The van der Waals surface area contributed by atoms with E-state index in [9.17, 15) is 14.4 Å². The number of piperidine rings is 1. The Morgan fingerprint density at radius 1 is 1.14 bits per heavy atom. The van der Waals surface area contributed by atoms with Gasteiger partial charge in [-0.05, 0) is 86.7 Å². The van der Waals surface area contributed by atoms with Crippen molar-refractivity contribution in [3.63, 3.8) is 0 Å². The van der Waals surface area contributed by atoms with Crippen LogP contribution in [0.4, 0.5) is 10.5 Å². The van der Waals surface area contributed by atoms with Gasteiger partial charge in [0.05, 0.1) is 12.0 Å². The topological polar surface area (TPSA) is 91.0 Å². The lowest BCUT2D eigenvalue weighted by atomic mass is 9.67. The van der Waals surface area contributed by atoms with Gasteiger partial charge in [0.2, 0.25) is 11.8 Å². The van der Waals surface area contributed by atoms with Crippen molar-refractivity contribution in [2.75, 3.05) is 38.6 Å². The highest BCUT2D eigenvalue weighted by Crippen LogP contribution is 2.45. The van der Waals surface area contributed by atoms with Crippen molar-refractivity contribution in [2.24, 2.45) is 11.8 Å². The van der Waals surface area contributed by atoms with Gasteiger partial charge in [-0.3, -0.25) is 9.59 Å². The Morgan fingerprint density at radius 2 is 1.83 bits per heavy atom. The lowest BCUT2D eigenvalue weighted by Crippen LogP contribution is -2.57. The fourth-order valence-electron chi connectivity index (χ4n) is 6.56. The summed E-state index contributed by atoms with van der Waals surface area (Å²) >= 11 is 0. The summed E-state index contributed by atoms with van der Waals surface area (Å²) in [4.78, 5) is 41.6. The minimum atomic E-state index is -0.568. The van der Waals surface area contributed by atoms with E-state index in [0.29, 0.717) is 19.1 Å². The van der Waals surface area contributed by atoms with Gasteiger partial charge in [-0.15, -0.1) is 0 Å². The fourth-order valence-corrected chi connectivity index (χ4v) is 6.56. The van der Waals surface area contributed by atoms with E-state index in [-0.39, 0.29) is 18.4 Å². The van der Waals surface area contributed by atoms with E-state index in [1.165, 1.54) is 39.7 Å². The molecule has 198 valence electrons. The minimum Gasteiger partial charge on any atom is -0.448 e. The van der Waals surface area contributed by atoms with Crippen LogP contribution >= 0.6 is 0 Å². The number of anilines is 1. The number of fused-ring (bicyclic) bond motifs is 2. The zero-order chi connectivity index (χ0) is 25.9. The largest absolute Gasteiger partial charge is 0.448 e. The second-order valence-electron chi connectivity index (χ2n) is 11.1. The molecule has 3 amide bonds. The van der Waals surface area contributed by atoms with Crippen LogP contribution in [0.3, 0.4) is 0 Å². The summed E-state index contributed by atoms with van der Waals surface area (Å²) in [7, 11) is 1.52. The Bertz CT molecular complexity index is 962. The SMILES string of the molecule is CNC(=O)OCCN1Cc2cc(NC(C)=O)ccc2C2(CCN(C3CCC(C(C)C)CC3)CC2)C1=O. The molecule has 2 fully saturated rings. The number of likely N-dealkylation sites (tertiary alicyclic amines) is 1. The molecule has 0 atom stereocenters. The molecular weight excluding hydrogens is 456 g/mol. The molecule has 1 aromatic carbocycles. The van der Waals surface area contributed by atoms with E-state index in [1.807, 2.05) is 23.1 Å². The highest BCUT2D eigenvalue weighted by molar-refractivity contribution is 5.92. The molecule has 8 nitrogen and oxygen atoms in total. The maximum Gasteiger partial charge on any atom is 0.406 e. The number of ether oxygens (including phenoxy) is 1. The van der Waals surface area contributed by atoms with Crippen LogP contribution in [0, 0.1) is 11.8 Å². The van der Waals surface area contributed by atoms with Crippen molar-refractivity contribution < 1.29 is 19.1 Å². The molecule has 1 aliphatic carbocycles. The first kappa shape index (κ1) is 26.5. The number of benzene rings is 1. The molecule has 8 heteroatoms. The van der Waals surface area contributed by atoms with Crippen molar-refractivity contribution in [3.05, 3.63) is 29.3 Å². The van der Waals surface area contributed by atoms with E-state index in [4.69, 9.17) is 4.74 Å². The Morgan fingerprint density at radius 3 is 2.44 bits per heavy atom. The molecule has 36 heavy (non-hydrogen) atoms. The molecule has 2 heterocycles. The molecule has 0 unspecified atom stereocenters. The molecule has 1 spiro atoms. The smallest absolute Gasteiger partial charge is 0.406 e. The maximum absolute atomic E-state index is 14.0. The normalized spacial score (nSPS) is 23.9. The summed E-state index contributed by atoms with van der Waals surface area (Å²) < 4.78 is 5.19. The van der Waals surface area contributed by atoms with Gasteiger partial charge in [0.1, 0.15) is 6.61 Å². The highest BCUT2D eigenvalue weighted by Gasteiger charge is 2.49. The van der Waals surface area contributed by atoms with Crippen LogP contribution < -0.4 is 10.6 Å². The summed E-state index contributed by atoms with van der Waals surface area (Å²) in [6, 6.07) is 6.58. The number of carbonyl (C=O) groups is 3. The van der Waals surface area contributed by atoms with Crippen molar-refractivity contribution >= 4 is 23.6 Å². The van der Waals surface area contributed by atoms with Crippen molar-refractivity contribution in [1.29, 1.82) is 0 Å². The van der Waals surface area contributed by atoms with Crippen LogP contribution in [0.1, 0.15) is 70.4 Å². The number of carbonyl (C=O) groups excluding carboxylic acids is 3. The van der Waals surface area contributed by atoms with E-state index >= 15 is 0 Å². The summed E-state index contributed by atoms with van der Waals surface area (Å²) in [5.41, 5.74) is 2.33. The van der Waals surface area contributed by atoms with E-state index in [2.05, 4.69) is 29.4 Å². The van der Waals surface area contributed by atoms with Crippen molar-refractivity contribution in [1.82, 2.24) is 15.1 Å². The Balaban J connectivity index is 1.52. The Labute approximate surface area is 215 Å². The molecule has 1 saturated carbocycles. The van der Waals surface area contributed by atoms with Crippen LogP contribution in [-0.4, -0.2) is 67.0 Å². The summed E-state index contributed by atoms with van der Waals surface area (Å²) in [5, 5.41) is 5.32. The van der Waals surface area contributed by atoms with Gasteiger partial charge >= 0.3 is 6.09 Å². The highest BCUT2D eigenvalue weighted by atomic mass is 16.5. The van der Waals surface area contributed by atoms with E-state index in [0.717, 1.165) is 54.6 Å². The number of amides is 3. The van der Waals surface area contributed by atoms with Gasteiger partial charge in [-0.1, -0.05) is 19.9 Å². The average molecular weight is 499 g/mol. The average Bonchev–Trinajstić information content (AvgIpc) is 2.87. The molecule has 1 aromatic rings. The van der Waals surface area contributed by atoms with Gasteiger partial charge < -0.3 is 25.2 Å². The first-order chi connectivity index (χ1) is 17.2. The lowest BCUT2D eigenvalue weighted by molar-refractivity contribution is -0.142. The molecular formula is C28H42N4O4. The molecule has 0 radical (unpaired) electrons. The monoisotopic (exact) mass is 498 g/mol. The summed E-state index contributed by atoms with van der Waals surface area (Å²) in [5.74, 6) is 1.61. The van der Waals surface area contributed by atoms with E-state index in [1.54, 1.807) is 0 Å². The first-order valence-corrected chi connectivity index (χ1v) is 13.5. The van der Waals surface area contributed by atoms with Gasteiger partial charge in [-0.2, -0.15) is 0 Å². The van der Waals surface area contributed by atoms with Gasteiger partial charge in [0, 0.05) is 32.2 Å². The maximum atomic E-state index is 14.0. The summed E-state index contributed by atoms with van der Waals surface area (Å²) in [6.45, 7) is 8.94. The Hall–Kier alpha value is -2.61. The Kier molecular flexibility index (Phi) is 8.23. The predicted molar refractivity (Wildman–Crippen MR) is 140 cm³/mol. The molecule has 0 aromatic heterocycles. The standard InChI is InChI=1S/C28H42N4O4/c1-19(2)21-5-8-24(9-6-21)31-13-11-28(12-14-31)25-10-7-23(30-20(3)33)17-22(25)18-32(26(28)34)15-16-36-27(35)29-4/h7,10,17,19,21,24H,5-6,8-9,11-16,18H2,1-4H3,(H,29,35)(H,30,33). The van der Waals surface area contributed by atoms with Crippen LogP contribution in [0.15, 0.2) is 18.2 Å². The van der Waals surface area contributed by atoms with Crippen LogP contribution in [0.25, 0.3) is 0 Å². The first-order valence-electron chi connectivity index (χ1n) is 13.5. The van der Waals surface area contributed by atoms with Gasteiger partial charge in [0.15, 0.2) is 0 Å². The van der Waals surface area contributed by atoms with Gasteiger partial charge in [0.25, 0.3) is 0 Å². The number of hydrogen-bond acceptors (Lipinski definition) is 5. The number of alkyl carbamates (subject to hydrolysis) is 1. The third-order valence-corrected chi connectivity index (χ3v) is 8.65. The second kappa shape index (κ2) is 11.2.